The van der Waals surface area contributed by atoms with Crippen LogP contribution in [0.5, 0.6) is 0 Å². The van der Waals surface area contributed by atoms with E-state index in [-0.39, 0.29) is 0 Å². The van der Waals surface area contributed by atoms with Gasteiger partial charge in [0.25, 0.3) is 0 Å². The van der Waals surface area contributed by atoms with Crippen molar-refractivity contribution in [3.63, 3.8) is 0 Å². The van der Waals surface area contributed by atoms with E-state index in [1.165, 1.54) is 30.5 Å². The Labute approximate surface area is 157 Å². The topological polar surface area (TPSA) is 75.3 Å². The van der Waals surface area contributed by atoms with Crippen molar-refractivity contribution in [2.45, 2.75) is 38.0 Å². The highest BCUT2D eigenvalue weighted by Gasteiger charge is 2.29. The van der Waals surface area contributed by atoms with Crippen LogP contribution in [0.2, 0.25) is 0 Å². The Morgan fingerprint density at radius 2 is 1.63 bits per heavy atom. The van der Waals surface area contributed by atoms with Crippen molar-refractivity contribution in [1.29, 1.82) is 0 Å². The van der Waals surface area contributed by atoms with E-state index < -0.39 is 0 Å². The fourth-order valence-corrected chi connectivity index (χ4v) is 4.20. The van der Waals surface area contributed by atoms with Crippen LogP contribution >= 0.6 is 0 Å². The minimum Gasteiger partial charge on any atom is -0.352 e. The van der Waals surface area contributed by atoms with Gasteiger partial charge in [0.2, 0.25) is 0 Å². The molecular formula is C19H22N8. The van der Waals surface area contributed by atoms with Gasteiger partial charge >= 0.3 is 0 Å². The number of aromatic nitrogens is 6. The van der Waals surface area contributed by atoms with Crippen LogP contribution in [0.3, 0.4) is 0 Å². The Bertz CT molecular complexity index is 1000. The van der Waals surface area contributed by atoms with Crippen LogP contribution in [0.1, 0.15) is 42.3 Å². The first-order chi connectivity index (χ1) is 13.3. The fourth-order valence-electron chi connectivity index (χ4n) is 4.20. The van der Waals surface area contributed by atoms with Crippen molar-refractivity contribution in [2.75, 3.05) is 36.0 Å². The summed E-state index contributed by atoms with van der Waals surface area (Å²) in [5.74, 6) is 3.58. The Hall–Kier alpha value is -2.77. The highest BCUT2D eigenvalue weighted by atomic mass is 15.4. The zero-order valence-corrected chi connectivity index (χ0v) is 15.3. The molecule has 0 spiro atoms. The van der Waals surface area contributed by atoms with E-state index in [1.54, 1.807) is 0 Å². The number of fused-ring (bicyclic) bond motifs is 2. The number of hydrogen-bond acceptors (Lipinski definition) is 7. The van der Waals surface area contributed by atoms with E-state index in [4.69, 9.17) is 5.10 Å². The lowest BCUT2D eigenvalue weighted by atomic mass is 10.2. The van der Waals surface area contributed by atoms with Crippen LogP contribution in [-0.2, 0) is 12.8 Å². The molecule has 0 N–H and O–H groups in total. The average molecular weight is 362 g/mol. The number of piperazine rings is 1. The van der Waals surface area contributed by atoms with Crippen molar-refractivity contribution in [3.8, 4) is 0 Å². The predicted molar refractivity (Wildman–Crippen MR) is 101 cm³/mol. The molecule has 0 amide bonds. The van der Waals surface area contributed by atoms with E-state index in [1.807, 2.05) is 10.6 Å². The SMILES string of the molecule is c1cc2nnc(C3CC3)n2nc1N1CCN(c2cc3c(nn2)CCC3)CC1. The summed E-state index contributed by atoms with van der Waals surface area (Å²) in [5.41, 5.74) is 3.41. The van der Waals surface area contributed by atoms with Crippen molar-refractivity contribution in [3.05, 3.63) is 35.3 Å². The van der Waals surface area contributed by atoms with Gasteiger partial charge in [0.15, 0.2) is 17.3 Å². The molecule has 0 unspecified atom stereocenters. The molecule has 1 saturated heterocycles. The average Bonchev–Trinajstić information content (AvgIpc) is 3.30. The van der Waals surface area contributed by atoms with Gasteiger partial charge in [-0.3, -0.25) is 0 Å². The lowest BCUT2D eigenvalue weighted by Crippen LogP contribution is -2.47. The van der Waals surface area contributed by atoms with Crippen LogP contribution < -0.4 is 9.80 Å². The molecule has 0 aromatic carbocycles. The van der Waals surface area contributed by atoms with Crippen LogP contribution in [0.4, 0.5) is 11.6 Å². The molecule has 1 aliphatic heterocycles. The van der Waals surface area contributed by atoms with E-state index in [2.05, 4.69) is 42.3 Å². The standard InChI is InChI=1S/C19H22N8/c1-2-14-12-18(22-20-15(14)3-1)26-10-8-25(9-11-26)17-7-6-16-21-23-19(13-4-5-13)27(16)24-17/h6-7,12-13H,1-5,8-11H2. The molecule has 3 aliphatic rings. The van der Waals surface area contributed by atoms with E-state index in [0.717, 1.165) is 62.1 Å². The third-order valence-electron chi connectivity index (χ3n) is 5.95. The van der Waals surface area contributed by atoms with Gasteiger partial charge in [0.05, 0.1) is 5.69 Å². The molecule has 27 heavy (non-hydrogen) atoms. The third-order valence-corrected chi connectivity index (χ3v) is 5.95. The summed E-state index contributed by atoms with van der Waals surface area (Å²) in [5, 5.41) is 22.3. The molecule has 0 atom stereocenters. The van der Waals surface area contributed by atoms with E-state index >= 15 is 0 Å². The van der Waals surface area contributed by atoms with Crippen molar-refractivity contribution in [1.82, 2.24) is 30.0 Å². The normalized spacial score (nSPS) is 19.7. The first-order valence-electron chi connectivity index (χ1n) is 9.93. The maximum Gasteiger partial charge on any atom is 0.178 e. The maximum atomic E-state index is 4.84. The quantitative estimate of drug-likeness (QED) is 0.700. The molecule has 0 radical (unpaired) electrons. The smallest absolute Gasteiger partial charge is 0.178 e. The van der Waals surface area contributed by atoms with E-state index in [0.29, 0.717) is 5.92 Å². The zero-order valence-electron chi connectivity index (χ0n) is 15.3. The molecule has 3 aromatic rings. The van der Waals surface area contributed by atoms with Gasteiger partial charge in [0.1, 0.15) is 5.82 Å². The molecule has 6 rings (SSSR count). The number of hydrogen-bond donors (Lipinski definition) is 0. The number of anilines is 2. The largest absolute Gasteiger partial charge is 0.352 e. The second-order valence-corrected chi connectivity index (χ2v) is 7.80. The molecule has 0 bridgehead atoms. The van der Waals surface area contributed by atoms with Crippen molar-refractivity contribution in [2.24, 2.45) is 0 Å². The minimum absolute atomic E-state index is 0.540. The summed E-state index contributed by atoms with van der Waals surface area (Å²) in [6.07, 6.45) is 5.84. The van der Waals surface area contributed by atoms with Crippen LogP contribution in [0.25, 0.3) is 5.65 Å². The van der Waals surface area contributed by atoms with Gasteiger partial charge in [-0.15, -0.1) is 20.4 Å². The lowest BCUT2D eigenvalue weighted by molar-refractivity contribution is 0.630. The molecule has 2 fully saturated rings. The maximum absolute atomic E-state index is 4.84. The summed E-state index contributed by atoms with van der Waals surface area (Å²) < 4.78 is 1.94. The fraction of sp³-hybridized carbons (Fsp3) is 0.526. The summed E-state index contributed by atoms with van der Waals surface area (Å²) in [6, 6.07) is 6.33. The molecule has 3 aromatic heterocycles. The molecule has 2 aliphatic carbocycles. The van der Waals surface area contributed by atoms with Gasteiger partial charge in [-0.25, -0.2) is 0 Å². The molecule has 8 nitrogen and oxygen atoms in total. The van der Waals surface area contributed by atoms with Crippen LogP contribution in [0.15, 0.2) is 18.2 Å². The van der Waals surface area contributed by atoms with E-state index in [9.17, 15) is 0 Å². The van der Waals surface area contributed by atoms with Gasteiger partial charge in [0, 0.05) is 32.1 Å². The molecular weight excluding hydrogens is 340 g/mol. The minimum atomic E-state index is 0.540. The second kappa shape index (κ2) is 5.87. The first kappa shape index (κ1) is 15.3. The first-order valence-corrected chi connectivity index (χ1v) is 9.93. The highest BCUT2D eigenvalue weighted by molar-refractivity contribution is 5.49. The third kappa shape index (κ3) is 2.62. The number of aryl methyl sites for hydroxylation is 2. The van der Waals surface area contributed by atoms with Crippen molar-refractivity contribution >= 4 is 17.3 Å². The molecule has 1 saturated carbocycles. The Kier molecular flexibility index (Phi) is 3.33. The monoisotopic (exact) mass is 362 g/mol. The molecule has 138 valence electrons. The van der Waals surface area contributed by atoms with Crippen LogP contribution in [-0.4, -0.2) is 56.2 Å². The highest BCUT2D eigenvalue weighted by Crippen LogP contribution is 2.38. The number of rotatable bonds is 3. The Balaban J connectivity index is 1.20. The summed E-state index contributed by atoms with van der Waals surface area (Å²) in [6.45, 7) is 3.73. The summed E-state index contributed by atoms with van der Waals surface area (Å²) >= 11 is 0. The predicted octanol–water partition coefficient (Wildman–Crippen LogP) is 1.61. The summed E-state index contributed by atoms with van der Waals surface area (Å²) in [7, 11) is 0. The summed E-state index contributed by atoms with van der Waals surface area (Å²) in [4.78, 5) is 4.68. The van der Waals surface area contributed by atoms with Gasteiger partial charge in [-0.05, 0) is 55.9 Å². The number of nitrogens with zero attached hydrogens (tertiary/aromatic N) is 8. The zero-order chi connectivity index (χ0) is 17.8. The Morgan fingerprint density at radius 1 is 0.815 bits per heavy atom. The second-order valence-electron chi connectivity index (χ2n) is 7.80. The van der Waals surface area contributed by atoms with Gasteiger partial charge in [-0.1, -0.05) is 0 Å². The van der Waals surface area contributed by atoms with Gasteiger partial charge < -0.3 is 9.80 Å². The van der Waals surface area contributed by atoms with Crippen molar-refractivity contribution < 1.29 is 0 Å². The van der Waals surface area contributed by atoms with Gasteiger partial charge in [-0.2, -0.15) is 9.61 Å². The van der Waals surface area contributed by atoms with Crippen LogP contribution in [0, 0.1) is 0 Å². The molecule has 8 heteroatoms. The molecule has 4 heterocycles. The Morgan fingerprint density at radius 3 is 2.44 bits per heavy atom. The lowest BCUT2D eigenvalue weighted by Gasteiger charge is -2.35.